The van der Waals surface area contributed by atoms with E-state index in [9.17, 15) is 9.59 Å². The van der Waals surface area contributed by atoms with E-state index < -0.39 is 12.1 Å². The second kappa shape index (κ2) is 6.12. The standard InChI is InChI=1S/C10H15NO5/c1-2-15-9(12)4-3-8-7-11(10(13)14)5-6-16-8/h3-4,8H,2,5-7H2,1H3,(H,13,14). The number of nitrogens with zero attached hydrogens (tertiary/aromatic N) is 1. The lowest BCUT2D eigenvalue weighted by molar-refractivity contribution is -0.137. The number of hydrogen-bond acceptors (Lipinski definition) is 4. The molecule has 0 aromatic heterocycles. The Bertz CT molecular complexity index is 289. The zero-order valence-corrected chi connectivity index (χ0v) is 9.09. The molecule has 0 aliphatic carbocycles. The van der Waals surface area contributed by atoms with Crippen LogP contribution in [0.15, 0.2) is 12.2 Å². The van der Waals surface area contributed by atoms with Gasteiger partial charge in [0.15, 0.2) is 0 Å². The van der Waals surface area contributed by atoms with Crippen LogP contribution in [0.25, 0.3) is 0 Å². The number of ether oxygens (including phenoxy) is 2. The van der Waals surface area contributed by atoms with Gasteiger partial charge in [0.05, 0.1) is 25.9 Å². The van der Waals surface area contributed by atoms with Gasteiger partial charge in [-0.25, -0.2) is 9.59 Å². The molecule has 0 aromatic carbocycles. The molecule has 0 aromatic rings. The first kappa shape index (κ1) is 12.5. The average Bonchev–Trinajstić information content (AvgIpc) is 2.27. The first-order valence-electron chi connectivity index (χ1n) is 5.08. The van der Waals surface area contributed by atoms with Crippen LogP contribution < -0.4 is 0 Å². The summed E-state index contributed by atoms with van der Waals surface area (Å²) in [6.45, 7) is 2.97. The minimum atomic E-state index is -0.974. The summed E-state index contributed by atoms with van der Waals surface area (Å²) in [6, 6.07) is 0. The molecule has 1 saturated heterocycles. The minimum Gasteiger partial charge on any atom is -0.465 e. The maximum atomic E-state index is 11.0. The summed E-state index contributed by atoms with van der Waals surface area (Å²) in [5, 5.41) is 8.77. The molecule has 6 nitrogen and oxygen atoms in total. The van der Waals surface area contributed by atoms with Crippen LogP contribution in [-0.2, 0) is 14.3 Å². The van der Waals surface area contributed by atoms with E-state index >= 15 is 0 Å². The highest BCUT2D eigenvalue weighted by Crippen LogP contribution is 2.06. The maximum absolute atomic E-state index is 11.0. The molecule has 0 spiro atoms. The Morgan fingerprint density at radius 3 is 3.00 bits per heavy atom. The predicted octanol–water partition coefficient (Wildman–Crippen LogP) is 0.485. The number of rotatable bonds is 3. The predicted molar refractivity (Wildman–Crippen MR) is 55.1 cm³/mol. The lowest BCUT2D eigenvalue weighted by atomic mass is 10.2. The molecule has 1 aliphatic rings. The number of esters is 1. The molecule has 1 aliphatic heterocycles. The third kappa shape index (κ3) is 3.90. The summed E-state index contributed by atoms with van der Waals surface area (Å²) in [6.07, 6.45) is 1.43. The number of carbonyl (C=O) groups is 2. The van der Waals surface area contributed by atoms with Crippen molar-refractivity contribution in [1.82, 2.24) is 4.90 Å². The molecule has 1 heterocycles. The van der Waals surface area contributed by atoms with Crippen molar-refractivity contribution in [2.24, 2.45) is 0 Å². The van der Waals surface area contributed by atoms with Crippen LogP contribution in [0.3, 0.4) is 0 Å². The normalized spacial score (nSPS) is 21.1. The zero-order valence-electron chi connectivity index (χ0n) is 9.09. The zero-order chi connectivity index (χ0) is 12.0. The second-order valence-corrected chi connectivity index (χ2v) is 3.25. The van der Waals surface area contributed by atoms with E-state index in [0.717, 1.165) is 0 Å². The Balaban J connectivity index is 2.42. The minimum absolute atomic E-state index is 0.241. The Morgan fingerprint density at radius 2 is 2.38 bits per heavy atom. The van der Waals surface area contributed by atoms with E-state index in [0.29, 0.717) is 19.8 Å². The van der Waals surface area contributed by atoms with Crippen molar-refractivity contribution < 1.29 is 24.2 Å². The Labute approximate surface area is 93.4 Å². The van der Waals surface area contributed by atoms with Crippen molar-refractivity contribution in [3.8, 4) is 0 Å². The molecule has 1 rings (SSSR count). The maximum Gasteiger partial charge on any atom is 0.407 e. The Kier molecular flexibility index (Phi) is 4.78. The molecular formula is C10H15NO5. The fraction of sp³-hybridized carbons (Fsp3) is 0.600. The van der Waals surface area contributed by atoms with Gasteiger partial charge in [0, 0.05) is 12.6 Å². The van der Waals surface area contributed by atoms with Crippen LogP contribution in [0.5, 0.6) is 0 Å². The highest BCUT2D eigenvalue weighted by molar-refractivity contribution is 5.82. The highest BCUT2D eigenvalue weighted by Gasteiger charge is 2.21. The molecule has 1 atom stereocenters. The quantitative estimate of drug-likeness (QED) is 0.563. The second-order valence-electron chi connectivity index (χ2n) is 3.25. The van der Waals surface area contributed by atoms with Gasteiger partial charge in [0.25, 0.3) is 0 Å². The number of hydrogen-bond donors (Lipinski definition) is 1. The van der Waals surface area contributed by atoms with Crippen LogP contribution in [0.2, 0.25) is 0 Å². The monoisotopic (exact) mass is 229 g/mol. The van der Waals surface area contributed by atoms with Gasteiger partial charge in [-0.1, -0.05) is 0 Å². The first-order chi connectivity index (χ1) is 7.63. The molecular weight excluding hydrogens is 214 g/mol. The lowest BCUT2D eigenvalue weighted by Crippen LogP contribution is -2.44. The van der Waals surface area contributed by atoms with Gasteiger partial charge in [-0.05, 0) is 13.0 Å². The van der Waals surface area contributed by atoms with E-state index in [1.807, 2.05) is 0 Å². The van der Waals surface area contributed by atoms with Gasteiger partial charge in [0.2, 0.25) is 0 Å². The lowest BCUT2D eigenvalue weighted by Gasteiger charge is -2.29. The largest absolute Gasteiger partial charge is 0.465 e. The van der Waals surface area contributed by atoms with Gasteiger partial charge in [-0.2, -0.15) is 0 Å². The van der Waals surface area contributed by atoms with E-state index in [2.05, 4.69) is 0 Å². The van der Waals surface area contributed by atoms with Crippen molar-refractivity contribution in [2.75, 3.05) is 26.3 Å². The number of carboxylic acid groups (broad SMARTS) is 1. The average molecular weight is 229 g/mol. The summed E-state index contributed by atoms with van der Waals surface area (Å²) in [5.74, 6) is -0.446. The SMILES string of the molecule is CCOC(=O)C=CC1CN(C(=O)O)CCO1. The van der Waals surface area contributed by atoms with Gasteiger partial charge >= 0.3 is 12.1 Å². The van der Waals surface area contributed by atoms with E-state index in [1.165, 1.54) is 17.1 Å². The Hall–Kier alpha value is -1.56. The topological polar surface area (TPSA) is 76.1 Å². The smallest absolute Gasteiger partial charge is 0.407 e. The molecule has 0 radical (unpaired) electrons. The summed E-state index contributed by atoms with van der Waals surface area (Å²) in [4.78, 5) is 23.0. The van der Waals surface area contributed by atoms with E-state index in [1.54, 1.807) is 6.92 Å². The molecule has 1 amide bonds. The fourth-order valence-electron chi connectivity index (χ4n) is 1.34. The van der Waals surface area contributed by atoms with Gasteiger partial charge in [-0.15, -0.1) is 0 Å². The number of carbonyl (C=O) groups excluding carboxylic acids is 1. The van der Waals surface area contributed by atoms with Crippen molar-refractivity contribution in [3.63, 3.8) is 0 Å². The number of morpholine rings is 1. The molecule has 1 N–H and O–H groups in total. The molecule has 1 unspecified atom stereocenters. The summed E-state index contributed by atoms with van der Waals surface area (Å²) in [7, 11) is 0. The van der Waals surface area contributed by atoms with Crippen LogP contribution in [0, 0.1) is 0 Å². The van der Waals surface area contributed by atoms with Crippen LogP contribution in [-0.4, -0.2) is 54.5 Å². The van der Waals surface area contributed by atoms with Crippen LogP contribution >= 0.6 is 0 Å². The third-order valence-corrected chi connectivity index (χ3v) is 2.10. The summed E-state index contributed by atoms with van der Waals surface area (Å²) >= 11 is 0. The molecule has 0 bridgehead atoms. The van der Waals surface area contributed by atoms with E-state index in [-0.39, 0.29) is 12.6 Å². The summed E-state index contributed by atoms with van der Waals surface area (Å²) < 4.78 is 9.98. The van der Waals surface area contributed by atoms with Crippen LogP contribution in [0.4, 0.5) is 4.79 Å². The van der Waals surface area contributed by atoms with Crippen molar-refractivity contribution in [3.05, 3.63) is 12.2 Å². The molecule has 1 fully saturated rings. The Morgan fingerprint density at radius 1 is 1.62 bits per heavy atom. The molecule has 90 valence electrons. The third-order valence-electron chi connectivity index (χ3n) is 2.10. The molecule has 0 saturated carbocycles. The van der Waals surface area contributed by atoms with Crippen LogP contribution in [0.1, 0.15) is 6.92 Å². The highest BCUT2D eigenvalue weighted by atomic mass is 16.5. The molecule has 6 heteroatoms. The van der Waals surface area contributed by atoms with E-state index in [4.69, 9.17) is 14.6 Å². The van der Waals surface area contributed by atoms with Crippen molar-refractivity contribution >= 4 is 12.1 Å². The fourth-order valence-corrected chi connectivity index (χ4v) is 1.34. The first-order valence-corrected chi connectivity index (χ1v) is 5.08. The molecule has 16 heavy (non-hydrogen) atoms. The van der Waals surface area contributed by atoms with Gasteiger partial charge in [0.1, 0.15) is 0 Å². The van der Waals surface area contributed by atoms with Gasteiger partial charge < -0.3 is 19.5 Å². The van der Waals surface area contributed by atoms with Crippen molar-refractivity contribution in [2.45, 2.75) is 13.0 Å². The van der Waals surface area contributed by atoms with Crippen molar-refractivity contribution in [1.29, 1.82) is 0 Å². The summed E-state index contributed by atoms with van der Waals surface area (Å²) in [5.41, 5.74) is 0. The number of amides is 1. The van der Waals surface area contributed by atoms with Gasteiger partial charge in [-0.3, -0.25) is 0 Å².